The Kier molecular flexibility index (Phi) is 11.4. The van der Waals surface area contributed by atoms with E-state index in [2.05, 4.69) is 73.5 Å². The summed E-state index contributed by atoms with van der Waals surface area (Å²) in [6, 6.07) is 25.1. The number of likely N-dealkylation sites (tertiary alicyclic amines) is 1. The van der Waals surface area contributed by atoms with Gasteiger partial charge in [0, 0.05) is 50.5 Å². The van der Waals surface area contributed by atoms with Crippen molar-refractivity contribution in [1.82, 2.24) is 15.7 Å². The Morgan fingerprint density at radius 2 is 1.58 bits per heavy atom. The molecule has 3 fully saturated rings. The molecule has 268 valence electrons. The van der Waals surface area contributed by atoms with Crippen LogP contribution in [0.25, 0.3) is 11.1 Å². The van der Waals surface area contributed by atoms with Crippen LogP contribution in [-0.4, -0.2) is 52.3 Å². The number of rotatable bonds is 13. The molecule has 0 spiro atoms. The van der Waals surface area contributed by atoms with Crippen molar-refractivity contribution in [3.8, 4) is 11.1 Å². The number of aliphatic hydroxyl groups is 1. The van der Waals surface area contributed by atoms with Gasteiger partial charge in [0.15, 0.2) is 6.29 Å². The van der Waals surface area contributed by atoms with Crippen LogP contribution < -0.4 is 10.8 Å². The summed E-state index contributed by atoms with van der Waals surface area (Å²) in [7, 11) is 0. The zero-order valence-electron chi connectivity index (χ0n) is 29.7. The molecule has 3 aromatic rings. The van der Waals surface area contributed by atoms with E-state index >= 15 is 0 Å². The predicted molar refractivity (Wildman–Crippen MR) is 192 cm³/mol. The summed E-state index contributed by atoms with van der Waals surface area (Å²) >= 11 is 0. The van der Waals surface area contributed by atoms with Crippen molar-refractivity contribution < 1.29 is 29.4 Å². The van der Waals surface area contributed by atoms with E-state index in [0.29, 0.717) is 42.7 Å². The van der Waals surface area contributed by atoms with Crippen LogP contribution in [-0.2, 0) is 32.2 Å². The Morgan fingerprint density at radius 1 is 0.880 bits per heavy atom. The lowest BCUT2D eigenvalue weighted by Crippen LogP contribution is -2.42. The van der Waals surface area contributed by atoms with Crippen molar-refractivity contribution in [2.75, 3.05) is 13.1 Å². The van der Waals surface area contributed by atoms with E-state index in [9.17, 15) is 14.7 Å². The molecule has 9 nitrogen and oxygen atoms in total. The number of carbonyl (C=O) groups is 2. The fourth-order valence-electron chi connectivity index (χ4n) is 8.77. The van der Waals surface area contributed by atoms with Crippen LogP contribution in [0.2, 0.25) is 0 Å². The number of nitrogens with one attached hydrogen (secondary N) is 2. The number of unbranched alkanes of at least 4 members (excludes halogenated alkanes) is 1. The number of amides is 2. The largest absolute Gasteiger partial charge is 0.392 e. The Hall–Kier alpha value is -3.60. The lowest BCUT2D eigenvalue weighted by Gasteiger charge is -2.41. The predicted octanol–water partition coefficient (Wildman–Crippen LogP) is 6.97. The highest BCUT2D eigenvalue weighted by molar-refractivity contribution is 5.77. The van der Waals surface area contributed by atoms with Gasteiger partial charge in [0.05, 0.1) is 18.8 Å². The standard InChI is InChI=1S/C41H53N3O6/c1-40(2)21-33-22-41(3,26-40)27-44(33)24-34-20-36(30-14-12-28(25-45)13-15-30)50-39(49-34)31-18-16-29(17-19-31)35-9-5-4-8-32(35)23-42-37(46)10-6-7-11-38(47)43-48/h4-5,8-9,12-19,33-34,36,39,45,48H,6-7,10-11,20-27H2,1-3H3,(H,42,46)(H,43,47)/t33?,34-,36+,39+,41?/m0/s1. The summed E-state index contributed by atoms with van der Waals surface area (Å²) in [5.74, 6) is -0.514. The van der Waals surface area contributed by atoms with Crippen LogP contribution in [0.4, 0.5) is 0 Å². The maximum atomic E-state index is 12.5. The molecule has 2 saturated heterocycles. The highest BCUT2D eigenvalue weighted by Crippen LogP contribution is 2.53. The number of nitrogens with zero attached hydrogens (tertiary/aromatic N) is 1. The number of hydrogen-bond donors (Lipinski definition) is 4. The molecular formula is C41H53N3O6. The average molecular weight is 684 g/mol. The van der Waals surface area contributed by atoms with Crippen LogP contribution >= 0.6 is 0 Å². The van der Waals surface area contributed by atoms with Crippen LogP contribution in [0, 0.1) is 10.8 Å². The van der Waals surface area contributed by atoms with Gasteiger partial charge in [-0.2, -0.15) is 0 Å². The third-order valence-corrected chi connectivity index (χ3v) is 10.7. The first-order valence-corrected chi connectivity index (χ1v) is 18.2. The highest BCUT2D eigenvalue weighted by Gasteiger charge is 2.50. The number of ether oxygens (including phenoxy) is 2. The van der Waals surface area contributed by atoms with E-state index < -0.39 is 12.2 Å². The third-order valence-electron chi connectivity index (χ3n) is 10.7. The van der Waals surface area contributed by atoms with Crippen molar-refractivity contribution in [3.05, 3.63) is 95.1 Å². The maximum absolute atomic E-state index is 12.5. The molecular weight excluding hydrogens is 630 g/mol. The third kappa shape index (κ3) is 9.00. The SMILES string of the molecule is CC1(C)CC2CC(C)(CN2C[C@@H]2C[C@H](c3ccc(CO)cc3)O[C@H](c3ccc(-c4ccccc4CNC(=O)CCCCC(=O)NO)cc3)O2)C1. The lowest BCUT2D eigenvalue weighted by atomic mass is 9.65. The molecule has 3 aromatic carbocycles. The molecule has 3 aliphatic rings. The zero-order chi connectivity index (χ0) is 35.3. The van der Waals surface area contributed by atoms with Crippen LogP contribution in [0.15, 0.2) is 72.8 Å². The van der Waals surface area contributed by atoms with Gasteiger partial charge in [-0.15, -0.1) is 0 Å². The molecule has 2 heterocycles. The minimum Gasteiger partial charge on any atom is -0.392 e. The van der Waals surface area contributed by atoms with Crippen molar-refractivity contribution in [3.63, 3.8) is 0 Å². The van der Waals surface area contributed by atoms with E-state index in [1.54, 1.807) is 5.48 Å². The smallest absolute Gasteiger partial charge is 0.243 e. The summed E-state index contributed by atoms with van der Waals surface area (Å²) in [5, 5.41) is 21.2. The van der Waals surface area contributed by atoms with Crippen LogP contribution in [0.3, 0.4) is 0 Å². The van der Waals surface area contributed by atoms with Gasteiger partial charge in [-0.25, -0.2) is 5.48 Å². The number of aliphatic hydroxyl groups excluding tert-OH is 1. The lowest BCUT2D eigenvalue weighted by molar-refractivity contribution is -0.253. The first-order chi connectivity index (χ1) is 24.0. The molecule has 1 saturated carbocycles. The second-order valence-corrected chi connectivity index (χ2v) is 15.8. The number of fused-ring (bicyclic) bond motifs is 2. The van der Waals surface area contributed by atoms with Gasteiger partial charge in [0.25, 0.3) is 0 Å². The van der Waals surface area contributed by atoms with Crippen molar-refractivity contribution in [2.24, 2.45) is 10.8 Å². The summed E-state index contributed by atoms with van der Waals surface area (Å²) < 4.78 is 13.4. The first-order valence-electron chi connectivity index (χ1n) is 18.2. The maximum Gasteiger partial charge on any atom is 0.243 e. The molecule has 2 aliphatic heterocycles. The van der Waals surface area contributed by atoms with Gasteiger partial charge in [-0.1, -0.05) is 93.6 Å². The van der Waals surface area contributed by atoms with E-state index in [1.807, 2.05) is 30.3 Å². The van der Waals surface area contributed by atoms with Gasteiger partial charge < -0.3 is 19.9 Å². The summed E-state index contributed by atoms with van der Waals surface area (Å²) in [4.78, 5) is 26.4. The van der Waals surface area contributed by atoms with Gasteiger partial charge in [0.2, 0.25) is 11.8 Å². The molecule has 4 N–H and O–H groups in total. The molecule has 50 heavy (non-hydrogen) atoms. The molecule has 9 heteroatoms. The normalized spacial score (nSPS) is 26.0. The topological polar surface area (TPSA) is 120 Å². The Bertz CT molecular complexity index is 1610. The molecule has 2 bridgehead atoms. The van der Waals surface area contributed by atoms with Gasteiger partial charge in [-0.05, 0) is 70.8 Å². The van der Waals surface area contributed by atoms with E-state index in [-0.39, 0.29) is 31.1 Å². The number of carbonyl (C=O) groups excluding carboxylic acids is 2. The molecule has 2 amide bonds. The summed E-state index contributed by atoms with van der Waals surface area (Å²) in [6.45, 7) is 9.70. The first kappa shape index (κ1) is 36.2. The van der Waals surface area contributed by atoms with Gasteiger partial charge in [0.1, 0.15) is 0 Å². The van der Waals surface area contributed by atoms with E-state index in [0.717, 1.165) is 52.9 Å². The summed E-state index contributed by atoms with van der Waals surface area (Å²) in [5.41, 5.74) is 8.36. The second kappa shape index (κ2) is 15.7. The Balaban J connectivity index is 1.14. The van der Waals surface area contributed by atoms with Gasteiger partial charge >= 0.3 is 0 Å². The zero-order valence-corrected chi connectivity index (χ0v) is 29.7. The summed E-state index contributed by atoms with van der Waals surface area (Å²) in [6.07, 6.45) is 5.49. The van der Waals surface area contributed by atoms with Crippen LogP contribution in [0.5, 0.6) is 0 Å². The average Bonchev–Trinajstić information content (AvgIpc) is 3.35. The number of benzene rings is 3. The quantitative estimate of drug-likeness (QED) is 0.0873. The number of hydrogen-bond acceptors (Lipinski definition) is 7. The Labute approximate surface area is 296 Å². The molecule has 6 rings (SSSR count). The fourth-order valence-corrected chi connectivity index (χ4v) is 8.77. The number of hydroxylamine groups is 1. The second-order valence-electron chi connectivity index (χ2n) is 15.8. The Morgan fingerprint density at radius 3 is 2.30 bits per heavy atom. The van der Waals surface area contributed by atoms with Crippen molar-refractivity contribution in [2.45, 2.75) is 110 Å². The molecule has 5 atom stereocenters. The fraction of sp³-hybridized carbons (Fsp3) is 0.512. The minimum atomic E-state index is -0.516. The van der Waals surface area contributed by atoms with Crippen LogP contribution in [0.1, 0.15) is 107 Å². The molecule has 0 radical (unpaired) electrons. The molecule has 1 aliphatic carbocycles. The molecule has 2 unspecified atom stereocenters. The van der Waals surface area contributed by atoms with Crippen molar-refractivity contribution >= 4 is 11.8 Å². The highest BCUT2D eigenvalue weighted by atomic mass is 16.7. The van der Waals surface area contributed by atoms with E-state index in [4.69, 9.17) is 14.7 Å². The van der Waals surface area contributed by atoms with Gasteiger partial charge in [-0.3, -0.25) is 19.7 Å². The van der Waals surface area contributed by atoms with E-state index in [1.165, 1.54) is 19.3 Å². The monoisotopic (exact) mass is 683 g/mol. The van der Waals surface area contributed by atoms with Crippen molar-refractivity contribution in [1.29, 1.82) is 0 Å². The minimum absolute atomic E-state index is 0.0122. The molecule has 0 aromatic heterocycles.